The van der Waals surface area contributed by atoms with Gasteiger partial charge in [-0.1, -0.05) is 45.0 Å². The van der Waals surface area contributed by atoms with E-state index in [9.17, 15) is 19.1 Å². The number of carbonyl (C=O) groups excluding carboxylic acids is 2. The molecule has 6 nitrogen and oxygen atoms in total. The van der Waals surface area contributed by atoms with Gasteiger partial charge in [0.15, 0.2) is 0 Å². The van der Waals surface area contributed by atoms with Crippen molar-refractivity contribution >= 4 is 17.4 Å². The molecule has 1 N–H and O–H groups in total. The van der Waals surface area contributed by atoms with E-state index in [2.05, 4.69) is 25.7 Å². The second kappa shape index (κ2) is 10.3. The molecule has 2 aliphatic heterocycles. The molecule has 2 aromatic carbocycles. The van der Waals surface area contributed by atoms with Crippen molar-refractivity contribution in [1.82, 2.24) is 9.80 Å². The Bertz CT molecular complexity index is 1100. The van der Waals surface area contributed by atoms with Crippen molar-refractivity contribution in [2.75, 3.05) is 39.4 Å². The Balaban J connectivity index is 1.68. The average molecular weight is 481 g/mol. The van der Waals surface area contributed by atoms with E-state index >= 15 is 0 Å². The molecular weight excluding hydrogens is 447 g/mol. The molecule has 0 aliphatic carbocycles. The van der Waals surface area contributed by atoms with Gasteiger partial charge in [0.05, 0.1) is 24.8 Å². The molecule has 0 aromatic heterocycles. The SMILES string of the molecule is CC(C)(C)c1ccc([C@@H]2/C(=C(\O)c3ccc(F)cc3)C(=O)C(=O)N2CCCN2CCOCC2)cc1. The van der Waals surface area contributed by atoms with E-state index < -0.39 is 23.5 Å². The summed E-state index contributed by atoms with van der Waals surface area (Å²) in [6.45, 7) is 10.6. The number of morpholine rings is 1. The minimum atomic E-state index is -0.719. The summed E-state index contributed by atoms with van der Waals surface area (Å²) in [6.07, 6.45) is 0.695. The van der Waals surface area contributed by atoms with Crippen LogP contribution in [0.3, 0.4) is 0 Å². The number of likely N-dealkylation sites (tertiary alicyclic amines) is 1. The third-order valence-electron chi connectivity index (χ3n) is 6.73. The van der Waals surface area contributed by atoms with Gasteiger partial charge in [0.2, 0.25) is 0 Å². The number of Topliss-reactive ketones (excluding diaryl/α,β-unsaturated/α-hetero) is 1. The third kappa shape index (κ3) is 5.46. The lowest BCUT2D eigenvalue weighted by Gasteiger charge is -2.29. The summed E-state index contributed by atoms with van der Waals surface area (Å²) in [7, 11) is 0. The first-order valence-corrected chi connectivity index (χ1v) is 12.1. The molecule has 0 bridgehead atoms. The summed E-state index contributed by atoms with van der Waals surface area (Å²) < 4.78 is 18.9. The lowest BCUT2D eigenvalue weighted by atomic mass is 9.85. The maximum Gasteiger partial charge on any atom is 0.295 e. The number of aliphatic hydroxyl groups is 1. The first-order valence-electron chi connectivity index (χ1n) is 12.1. The number of aliphatic hydroxyl groups excluding tert-OH is 1. The summed E-state index contributed by atoms with van der Waals surface area (Å²) in [5.74, 6) is -2.08. The molecule has 2 fully saturated rings. The number of benzene rings is 2. The van der Waals surface area contributed by atoms with Gasteiger partial charge in [0.1, 0.15) is 11.6 Å². The Morgan fingerprint density at radius 3 is 2.23 bits per heavy atom. The monoisotopic (exact) mass is 480 g/mol. The fraction of sp³-hybridized carbons (Fsp3) is 0.429. The standard InChI is InChI=1S/C28H33FN2O4/c1-28(2,3)21-9-5-19(6-10-21)24-23(25(32)20-7-11-22(29)12-8-20)26(33)27(34)31(24)14-4-13-30-15-17-35-18-16-30/h5-12,24,32H,4,13-18H2,1-3H3/b25-23+/t24-/m1/s1. The van der Waals surface area contributed by atoms with E-state index in [1.54, 1.807) is 4.90 Å². The van der Waals surface area contributed by atoms with Crippen LogP contribution in [0, 0.1) is 5.82 Å². The van der Waals surface area contributed by atoms with E-state index in [0.717, 1.165) is 30.8 Å². The van der Waals surface area contributed by atoms with E-state index in [1.165, 1.54) is 24.3 Å². The summed E-state index contributed by atoms with van der Waals surface area (Å²) in [4.78, 5) is 30.1. The van der Waals surface area contributed by atoms with Crippen molar-refractivity contribution in [3.63, 3.8) is 0 Å². The van der Waals surface area contributed by atoms with Crippen LogP contribution in [0.4, 0.5) is 4.39 Å². The summed E-state index contributed by atoms with van der Waals surface area (Å²) in [5.41, 5.74) is 2.17. The van der Waals surface area contributed by atoms with Gasteiger partial charge in [-0.05, 0) is 47.2 Å². The molecule has 35 heavy (non-hydrogen) atoms. The zero-order valence-electron chi connectivity index (χ0n) is 20.6. The van der Waals surface area contributed by atoms with Crippen LogP contribution in [-0.4, -0.2) is 66.0 Å². The van der Waals surface area contributed by atoms with Gasteiger partial charge in [0.25, 0.3) is 11.7 Å². The fourth-order valence-corrected chi connectivity index (χ4v) is 4.68. The second-order valence-corrected chi connectivity index (χ2v) is 10.2. The fourth-order valence-electron chi connectivity index (χ4n) is 4.68. The number of halogens is 1. The molecule has 2 aliphatic rings. The first kappa shape index (κ1) is 25.1. The highest BCUT2D eigenvalue weighted by Crippen LogP contribution is 2.40. The van der Waals surface area contributed by atoms with E-state index in [4.69, 9.17) is 4.74 Å². The Morgan fingerprint density at radius 2 is 1.63 bits per heavy atom. The number of hydrogen-bond donors (Lipinski definition) is 1. The largest absolute Gasteiger partial charge is 0.507 e. The Labute approximate surface area is 206 Å². The lowest BCUT2D eigenvalue weighted by molar-refractivity contribution is -0.140. The Hall–Kier alpha value is -3.03. The third-order valence-corrected chi connectivity index (χ3v) is 6.73. The molecule has 2 saturated heterocycles. The highest BCUT2D eigenvalue weighted by Gasteiger charge is 2.45. The second-order valence-electron chi connectivity index (χ2n) is 10.2. The van der Waals surface area contributed by atoms with Crippen LogP contribution < -0.4 is 0 Å². The van der Waals surface area contributed by atoms with Gasteiger partial charge in [-0.15, -0.1) is 0 Å². The van der Waals surface area contributed by atoms with Crippen LogP contribution in [0.25, 0.3) is 5.76 Å². The Morgan fingerprint density at radius 1 is 1.00 bits per heavy atom. The van der Waals surface area contributed by atoms with Gasteiger partial charge in [0, 0.05) is 31.7 Å². The van der Waals surface area contributed by atoms with E-state index in [1.807, 2.05) is 24.3 Å². The van der Waals surface area contributed by atoms with Gasteiger partial charge in [-0.2, -0.15) is 0 Å². The quantitative estimate of drug-likeness (QED) is 0.380. The van der Waals surface area contributed by atoms with Crippen molar-refractivity contribution in [2.24, 2.45) is 0 Å². The molecule has 0 radical (unpaired) electrons. The van der Waals surface area contributed by atoms with E-state index in [0.29, 0.717) is 31.7 Å². The number of amides is 1. The zero-order valence-corrected chi connectivity index (χ0v) is 20.6. The molecule has 7 heteroatoms. The molecule has 0 unspecified atom stereocenters. The molecule has 0 spiro atoms. The number of nitrogens with zero attached hydrogens (tertiary/aromatic N) is 2. The molecule has 2 aromatic rings. The van der Waals surface area contributed by atoms with Crippen LogP contribution >= 0.6 is 0 Å². The molecule has 1 atom stereocenters. The summed E-state index contributed by atoms with van der Waals surface area (Å²) >= 11 is 0. The van der Waals surface area contributed by atoms with Crippen molar-refractivity contribution in [3.05, 3.63) is 76.6 Å². The summed E-state index contributed by atoms with van der Waals surface area (Å²) in [5, 5.41) is 11.1. The van der Waals surface area contributed by atoms with Crippen LogP contribution in [-0.2, 0) is 19.7 Å². The molecular formula is C28H33FN2O4. The molecule has 186 valence electrons. The summed E-state index contributed by atoms with van der Waals surface area (Å²) in [6, 6.07) is 12.4. The highest BCUT2D eigenvalue weighted by molar-refractivity contribution is 6.46. The number of carbonyl (C=O) groups is 2. The number of ketones is 1. The average Bonchev–Trinajstić information content (AvgIpc) is 3.09. The number of rotatable bonds is 6. The van der Waals surface area contributed by atoms with Crippen molar-refractivity contribution in [1.29, 1.82) is 0 Å². The number of hydrogen-bond acceptors (Lipinski definition) is 5. The maximum atomic E-state index is 13.5. The van der Waals surface area contributed by atoms with Crippen molar-refractivity contribution in [2.45, 2.75) is 38.6 Å². The minimum Gasteiger partial charge on any atom is -0.507 e. The maximum absolute atomic E-state index is 13.5. The lowest BCUT2D eigenvalue weighted by Crippen LogP contribution is -2.39. The van der Waals surface area contributed by atoms with Gasteiger partial charge in [-0.25, -0.2) is 4.39 Å². The van der Waals surface area contributed by atoms with Gasteiger partial charge < -0.3 is 14.7 Å². The van der Waals surface area contributed by atoms with Crippen molar-refractivity contribution < 1.29 is 23.8 Å². The zero-order chi connectivity index (χ0) is 25.2. The van der Waals surface area contributed by atoms with Crippen LogP contribution in [0.1, 0.15) is 49.9 Å². The first-order chi connectivity index (χ1) is 16.7. The molecule has 0 saturated carbocycles. The predicted molar refractivity (Wildman–Crippen MR) is 132 cm³/mol. The smallest absolute Gasteiger partial charge is 0.295 e. The topological polar surface area (TPSA) is 70.1 Å². The Kier molecular flexibility index (Phi) is 7.38. The molecule has 2 heterocycles. The predicted octanol–water partition coefficient (Wildman–Crippen LogP) is 4.27. The minimum absolute atomic E-state index is 0.0384. The van der Waals surface area contributed by atoms with Crippen molar-refractivity contribution in [3.8, 4) is 0 Å². The van der Waals surface area contributed by atoms with Crippen LogP contribution in [0.15, 0.2) is 54.1 Å². The van der Waals surface area contributed by atoms with Gasteiger partial charge in [-0.3, -0.25) is 14.5 Å². The molecule has 4 rings (SSSR count). The normalized spacial score (nSPS) is 21.0. The van der Waals surface area contributed by atoms with Crippen LogP contribution in [0.2, 0.25) is 0 Å². The van der Waals surface area contributed by atoms with E-state index in [-0.39, 0.29) is 16.7 Å². The van der Waals surface area contributed by atoms with Gasteiger partial charge >= 0.3 is 0 Å². The number of ether oxygens (including phenoxy) is 1. The van der Waals surface area contributed by atoms with Crippen LogP contribution in [0.5, 0.6) is 0 Å². The molecule has 1 amide bonds. The highest BCUT2D eigenvalue weighted by atomic mass is 19.1.